The lowest BCUT2D eigenvalue weighted by Crippen LogP contribution is -2.08. The van der Waals surface area contributed by atoms with Crippen molar-refractivity contribution >= 4 is 40.2 Å². The predicted molar refractivity (Wildman–Crippen MR) is 240 cm³/mol. The lowest BCUT2D eigenvalue weighted by molar-refractivity contribution is -0.386. The van der Waals surface area contributed by atoms with Gasteiger partial charge < -0.3 is 20.5 Å². The van der Waals surface area contributed by atoms with Crippen LogP contribution in [-0.4, -0.2) is 82.1 Å². The molecule has 0 amide bonds. The zero-order chi connectivity index (χ0) is 46.0. The molecule has 0 aliphatic carbocycles. The number of benzene rings is 2. The van der Waals surface area contributed by atoms with Gasteiger partial charge in [0.25, 0.3) is 0 Å². The molecule has 65 heavy (non-hydrogen) atoms. The van der Waals surface area contributed by atoms with E-state index < -0.39 is 9.85 Å². The molecular formula is C42H45ClN16O6. The lowest BCUT2D eigenvalue weighted by Gasteiger charge is -2.07. The minimum Gasteiger partial charge on any atom is -0.494 e. The van der Waals surface area contributed by atoms with Gasteiger partial charge in [-0.25, -0.2) is 15.0 Å². The zero-order valence-corrected chi connectivity index (χ0v) is 36.1. The summed E-state index contributed by atoms with van der Waals surface area (Å²) in [7, 11) is 0. The van der Waals surface area contributed by atoms with E-state index in [4.69, 9.17) is 26.8 Å². The van der Waals surface area contributed by atoms with Gasteiger partial charge >= 0.3 is 11.4 Å². The Bertz CT molecular complexity index is 2710. The van der Waals surface area contributed by atoms with Gasteiger partial charge in [-0.05, 0) is 85.1 Å². The maximum Gasteiger partial charge on any atom is 0.329 e. The molecule has 3 N–H and O–H groups in total. The Kier molecular flexibility index (Phi) is 16.5. The Labute approximate surface area is 377 Å². The second kappa shape index (κ2) is 23.3. The molecule has 336 valence electrons. The topological polar surface area (TPSA) is 266 Å². The third kappa shape index (κ3) is 14.4. The van der Waals surface area contributed by atoms with Crippen LogP contribution in [0, 0.1) is 20.2 Å². The summed E-state index contributed by atoms with van der Waals surface area (Å²) in [6.45, 7) is 7.97. The summed E-state index contributed by atoms with van der Waals surface area (Å²) < 4.78 is 18.1. The van der Waals surface area contributed by atoms with Crippen LogP contribution in [0.3, 0.4) is 0 Å². The van der Waals surface area contributed by atoms with Crippen molar-refractivity contribution < 1.29 is 19.3 Å². The Hall–Kier alpha value is -8.27. The average molecular weight is 905 g/mol. The fourth-order valence-corrected chi connectivity index (χ4v) is 6.11. The van der Waals surface area contributed by atoms with E-state index in [1.54, 1.807) is 53.7 Å². The molecule has 6 heterocycles. The summed E-state index contributed by atoms with van der Waals surface area (Å²) in [5.41, 5.74) is 8.75. The van der Waals surface area contributed by atoms with Crippen molar-refractivity contribution in [1.82, 2.24) is 59.1 Å². The first kappa shape index (κ1) is 46.2. The highest BCUT2D eigenvalue weighted by Gasteiger charge is 2.19. The molecule has 0 saturated carbocycles. The van der Waals surface area contributed by atoms with E-state index in [9.17, 15) is 20.2 Å². The maximum absolute atomic E-state index is 11.5. The molecule has 0 aliphatic heterocycles. The summed E-state index contributed by atoms with van der Waals surface area (Å²) in [5, 5.41) is 41.8. The van der Waals surface area contributed by atoms with Crippen molar-refractivity contribution in [3.05, 3.63) is 171 Å². The van der Waals surface area contributed by atoms with Crippen molar-refractivity contribution in [2.45, 2.75) is 52.9 Å². The van der Waals surface area contributed by atoms with Crippen LogP contribution in [0.25, 0.3) is 0 Å². The van der Waals surface area contributed by atoms with Crippen molar-refractivity contribution in [2.24, 2.45) is 0 Å². The largest absolute Gasteiger partial charge is 0.494 e. The van der Waals surface area contributed by atoms with Crippen molar-refractivity contribution in [1.29, 1.82) is 0 Å². The average Bonchev–Trinajstić information content (AvgIpc) is 4.15. The van der Waals surface area contributed by atoms with E-state index in [1.165, 1.54) is 6.20 Å². The van der Waals surface area contributed by atoms with Crippen molar-refractivity contribution in [2.75, 3.05) is 24.3 Å². The molecule has 2 aromatic carbocycles. The number of nitro groups is 2. The van der Waals surface area contributed by atoms with E-state index in [0.29, 0.717) is 67.8 Å². The smallest absolute Gasteiger partial charge is 0.329 e. The molecular weight excluding hydrogens is 860 g/mol. The maximum atomic E-state index is 11.5. The Morgan fingerprint density at radius 1 is 0.662 bits per heavy atom. The first-order chi connectivity index (χ1) is 31.5. The van der Waals surface area contributed by atoms with Gasteiger partial charge in [0.2, 0.25) is 11.1 Å². The predicted octanol–water partition coefficient (Wildman–Crippen LogP) is 6.60. The number of aromatic nitrogens is 12. The molecule has 8 aromatic rings. The highest BCUT2D eigenvalue weighted by Crippen LogP contribution is 2.27. The fourth-order valence-electron chi connectivity index (χ4n) is 5.98. The molecule has 22 nitrogen and oxygen atoms in total. The number of anilines is 3. The number of nitrogens with one attached hydrogen (secondary N) is 1. The summed E-state index contributed by atoms with van der Waals surface area (Å²) >= 11 is 5.65. The number of nitrogens with zero attached hydrogens (tertiary/aromatic N) is 14. The first-order valence-corrected chi connectivity index (χ1v) is 20.5. The van der Waals surface area contributed by atoms with Gasteiger partial charge in [-0.1, -0.05) is 12.1 Å². The summed E-state index contributed by atoms with van der Waals surface area (Å²) in [5.74, 6) is 2.04. The second-order valence-electron chi connectivity index (χ2n) is 13.7. The number of nitrogen functional groups attached to an aromatic ring is 1. The number of hydrogen-bond acceptors (Lipinski definition) is 16. The highest BCUT2D eigenvalue weighted by atomic mass is 35.5. The van der Waals surface area contributed by atoms with E-state index in [1.807, 2.05) is 89.1 Å². The van der Waals surface area contributed by atoms with Gasteiger partial charge in [0.1, 0.15) is 35.4 Å². The lowest BCUT2D eigenvalue weighted by atomic mass is 10.1. The van der Waals surface area contributed by atoms with Gasteiger partial charge in [0, 0.05) is 55.7 Å². The van der Waals surface area contributed by atoms with E-state index in [-0.39, 0.29) is 22.5 Å². The quantitative estimate of drug-likeness (QED) is 0.0521. The van der Waals surface area contributed by atoms with Gasteiger partial charge in [0.15, 0.2) is 0 Å². The van der Waals surface area contributed by atoms with Crippen LogP contribution in [0.15, 0.2) is 123 Å². The molecule has 23 heteroatoms. The fraction of sp³-hybridized carbons (Fsp3) is 0.238. The van der Waals surface area contributed by atoms with Gasteiger partial charge in [-0.15, -0.1) is 0 Å². The summed E-state index contributed by atoms with van der Waals surface area (Å²) in [6, 6.07) is 18.2. The molecule has 0 aliphatic rings. The number of rotatable bonds is 18. The molecule has 0 spiro atoms. The zero-order valence-electron chi connectivity index (χ0n) is 35.4. The van der Waals surface area contributed by atoms with E-state index in [0.717, 1.165) is 36.2 Å². The normalized spacial score (nSPS) is 10.6. The van der Waals surface area contributed by atoms with E-state index >= 15 is 0 Å². The van der Waals surface area contributed by atoms with Gasteiger partial charge in [0.05, 0.1) is 67.3 Å². The third-order valence-corrected chi connectivity index (χ3v) is 9.18. The number of nitrogens with two attached hydrogens (primary N) is 1. The molecule has 6 aromatic heterocycles. The van der Waals surface area contributed by atoms with E-state index in [2.05, 4.69) is 45.6 Å². The highest BCUT2D eigenvalue weighted by molar-refractivity contribution is 6.28. The Morgan fingerprint density at radius 3 is 1.78 bits per heavy atom. The third-order valence-electron chi connectivity index (χ3n) is 9.00. The minimum atomic E-state index is -0.576. The molecule has 0 unspecified atom stereocenters. The Balaban J connectivity index is 0.000000180. The van der Waals surface area contributed by atoms with Crippen LogP contribution in [0.2, 0.25) is 5.28 Å². The second-order valence-corrected chi connectivity index (χ2v) is 14.0. The molecule has 0 radical (unpaired) electrons. The molecule has 0 fully saturated rings. The van der Waals surface area contributed by atoms with Crippen LogP contribution in [-0.2, 0) is 39.0 Å². The van der Waals surface area contributed by atoms with Crippen molar-refractivity contribution in [3.8, 4) is 11.5 Å². The van der Waals surface area contributed by atoms with Crippen LogP contribution < -0.4 is 20.5 Å². The molecule has 8 rings (SSSR count). The molecule has 0 bridgehead atoms. The van der Waals surface area contributed by atoms with Gasteiger partial charge in [-0.2, -0.15) is 25.4 Å². The number of halogens is 1. The monoisotopic (exact) mass is 904 g/mol. The van der Waals surface area contributed by atoms with Crippen LogP contribution in [0.5, 0.6) is 11.5 Å². The molecule has 0 saturated heterocycles. The van der Waals surface area contributed by atoms with Crippen molar-refractivity contribution in [3.63, 3.8) is 0 Å². The number of hydrogen-bond donors (Lipinski definition) is 2. The Morgan fingerprint density at radius 2 is 1.23 bits per heavy atom. The van der Waals surface area contributed by atoms with Gasteiger partial charge in [-0.3, -0.25) is 39.0 Å². The number of ether oxygens (including phenoxy) is 2. The summed E-state index contributed by atoms with van der Waals surface area (Å²) in [4.78, 5) is 37.5. The van der Waals surface area contributed by atoms with Crippen LogP contribution >= 0.6 is 11.6 Å². The minimum absolute atomic E-state index is 0.0409. The first-order valence-electron chi connectivity index (χ1n) is 20.2. The molecule has 0 atom stereocenters. The van der Waals surface area contributed by atoms with Crippen LogP contribution in [0.4, 0.5) is 28.6 Å². The van der Waals surface area contributed by atoms with Crippen LogP contribution in [0.1, 0.15) is 36.5 Å². The summed E-state index contributed by atoms with van der Waals surface area (Å²) in [6.07, 6.45) is 17.6. The number of aryl methyl sites for hydroxylation is 4. The standard InChI is InChI=1S/C22H23N7O3.C12H11ClN4O3.C8H11N5/c1-2-32-19-6-4-17(5-7-19)12-20-21(29(30)31)15-23-22(26-20)13-18-14-25-28(16-18)11-10-27-9-3-8-24-27;1-2-20-9-5-3-8(4-6-9)15-11-10(17(18)19)7-14-12(13)16-11;9-8-6-11-13(7-8)5-4-12-3-1-2-10-12/h3-9,14-16H,2,10-13H2,1H3;3-7H,2H2,1H3,(H,14,15,16);1-3,6-7H,4-5,9H2. The SMILES string of the molecule is CCOc1ccc(Cc2nc(Cc3cnn(CCn4cccn4)c3)ncc2[N+](=O)[O-])cc1.CCOc1ccc(Nc2nc(Cl)ncc2[N+](=O)[O-])cc1.Nc1cnn(CCn2cccn2)c1.